The number of piperidine rings is 1. The van der Waals surface area contributed by atoms with Crippen molar-refractivity contribution in [2.45, 2.75) is 38.5 Å². The van der Waals surface area contributed by atoms with Crippen molar-refractivity contribution in [1.82, 2.24) is 20.1 Å². The van der Waals surface area contributed by atoms with Crippen molar-refractivity contribution in [3.8, 4) is 0 Å². The van der Waals surface area contributed by atoms with Gasteiger partial charge in [0.25, 0.3) is 0 Å². The maximum Gasteiger partial charge on any atom is 0.229 e. The standard InChI is InChI=1S/C16H24N6O/c1-11(2)15-19-16(23-20-15)12-5-7-22(8-6-12)14-10-17-9-13(18-14)21(3)4/h9-12H,5-8H2,1-4H3. The summed E-state index contributed by atoms with van der Waals surface area (Å²) in [7, 11) is 3.95. The fourth-order valence-corrected chi connectivity index (χ4v) is 2.72. The summed E-state index contributed by atoms with van der Waals surface area (Å²) < 4.78 is 5.44. The molecule has 0 radical (unpaired) electrons. The second-order valence-corrected chi connectivity index (χ2v) is 6.54. The third-order valence-corrected chi connectivity index (χ3v) is 4.21. The van der Waals surface area contributed by atoms with Crippen molar-refractivity contribution in [1.29, 1.82) is 0 Å². The van der Waals surface area contributed by atoms with Gasteiger partial charge >= 0.3 is 0 Å². The predicted molar refractivity (Wildman–Crippen MR) is 88.9 cm³/mol. The van der Waals surface area contributed by atoms with Gasteiger partial charge in [0, 0.05) is 39.0 Å². The summed E-state index contributed by atoms with van der Waals surface area (Å²) in [6.45, 7) is 6.01. The third-order valence-electron chi connectivity index (χ3n) is 4.21. The largest absolute Gasteiger partial charge is 0.361 e. The van der Waals surface area contributed by atoms with Crippen LogP contribution in [0.4, 0.5) is 11.6 Å². The van der Waals surface area contributed by atoms with Crippen LogP contribution >= 0.6 is 0 Å². The van der Waals surface area contributed by atoms with Crippen LogP contribution in [0.15, 0.2) is 16.9 Å². The summed E-state index contributed by atoms with van der Waals surface area (Å²) in [4.78, 5) is 17.7. The molecule has 2 aromatic rings. The fraction of sp³-hybridized carbons (Fsp3) is 0.625. The number of nitrogens with zero attached hydrogens (tertiary/aromatic N) is 6. The maximum atomic E-state index is 5.44. The summed E-state index contributed by atoms with van der Waals surface area (Å²) in [6, 6.07) is 0. The first-order valence-electron chi connectivity index (χ1n) is 8.12. The van der Waals surface area contributed by atoms with Gasteiger partial charge in [-0.25, -0.2) is 4.98 Å². The Morgan fingerprint density at radius 2 is 1.91 bits per heavy atom. The average molecular weight is 316 g/mol. The van der Waals surface area contributed by atoms with Crippen LogP contribution in [0.2, 0.25) is 0 Å². The van der Waals surface area contributed by atoms with E-state index in [4.69, 9.17) is 4.52 Å². The van der Waals surface area contributed by atoms with Crippen molar-refractivity contribution in [3.63, 3.8) is 0 Å². The molecule has 0 saturated carbocycles. The number of rotatable bonds is 4. The molecule has 0 N–H and O–H groups in total. The predicted octanol–water partition coefficient (Wildman–Crippen LogP) is 2.43. The Morgan fingerprint density at radius 1 is 1.17 bits per heavy atom. The lowest BCUT2D eigenvalue weighted by molar-refractivity contribution is 0.325. The van der Waals surface area contributed by atoms with E-state index in [1.54, 1.807) is 6.20 Å². The van der Waals surface area contributed by atoms with E-state index in [0.29, 0.717) is 11.8 Å². The SMILES string of the molecule is CC(C)c1noc(C2CCN(c3cncc(N(C)C)n3)CC2)n1. The Balaban J connectivity index is 1.65. The molecule has 7 nitrogen and oxygen atoms in total. The van der Waals surface area contributed by atoms with E-state index in [-0.39, 0.29) is 0 Å². The van der Waals surface area contributed by atoms with Gasteiger partial charge < -0.3 is 14.3 Å². The Hall–Kier alpha value is -2.18. The second kappa shape index (κ2) is 6.52. The quantitative estimate of drug-likeness (QED) is 0.857. The molecular formula is C16H24N6O. The molecule has 3 heterocycles. The Labute approximate surface area is 136 Å². The topological polar surface area (TPSA) is 71.2 Å². The molecule has 0 bridgehead atoms. The van der Waals surface area contributed by atoms with Gasteiger partial charge in [-0.15, -0.1) is 0 Å². The van der Waals surface area contributed by atoms with Crippen LogP contribution in [-0.2, 0) is 0 Å². The highest BCUT2D eigenvalue weighted by Gasteiger charge is 2.26. The monoisotopic (exact) mass is 316 g/mol. The minimum absolute atomic E-state index is 0.302. The van der Waals surface area contributed by atoms with E-state index in [2.05, 4.69) is 38.9 Å². The number of aromatic nitrogens is 4. The molecule has 0 unspecified atom stereocenters. The minimum Gasteiger partial charge on any atom is -0.361 e. The van der Waals surface area contributed by atoms with Crippen molar-refractivity contribution in [2.75, 3.05) is 37.0 Å². The van der Waals surface area contributed by atoms with Crippen LogP contribution in [0.3, 0.4) is 0 Å². The van der Waals surface area contributed by atoms with E-state index in [9.17, 15) is 0 Å². The lowest BCUT2D eigenvalue weighted by atomic mass is 9.97. The van der Waals surface area contributed by atoms with Gasteiger partial charge in [0.1, 0.15) is 11.6 Å². The van der Waals surface area contributed by atoms with Gasteiger partial charge in [-0.05, 0) is 12.8 Å². The number of hydrogen-bond acceptors (Lipinski definition) is 7. The van der Waals surface area contributed by atoms with E-state index in [1.165, 1.54) is 0 Å². The summed E-state index contributed by atoms with van der Waals surface area (Å²) in [6.07, 6.45) is 5.60. The van der Waals surface area contributed by atoms with Gasteiger partial charge in [0.15, 0.2) is 5.82 Å². The lowest BCUT2D eigenvalue weighted by Crippen LogP contribution is -2.34. The van der Waals surface area contributed by atoms with Crippen LogP contribution < -0.4 is 9.80 Å². The summed E-state index contributed by atoms with van der Waals surface area (Å²) in [5.74, 6) is 4.03. The Bertz CT molecular complexity index is 646. The summed E-state index contributed by atoms with van der Waals surface area (Å²) >= 11 is 0. The van der Waals surface area contributed by atoms with Gasteiger partial charge in [-0.3, -0.25) is 4.98 Å². The fourth-order valence-electron chi connectivity index (χ4n) is 2.72. The molecule has 0 aromatic carbocycles. The first-order chi connectivity index (χ1) is 11.0. The van der Waals surface area contributed by atoms with E-state index < -0.39 is 0 Å². The van der Waals surface area contributed by atoms with Crippen LogP contribution in [0, 0.1) is 0 Å². The normalized spacial score (nSPS) is 16.1. The first kappa shape index (κ1) is 15.7. The zero-order chi connectivity index (χ0) is 16.4. The smallest absolute Gasteiger partial charge is 0.229 e. The van der Waals surface area contributed by atoms with Crippen LogP contribution in [0.25, 0.3) is 0 Å². The molecule has 124 valence electrons. The van der Waals surface area contributed by atoms with Crippen LogP contribution in [0.1, 0.15) is 50.2 Å². The third kappa shape index (κ3) is 3.43. The molecule has 1 fully saturated rings. The highest BCUT2D eigenvalue weighted by Crippen LogP contribution is 2.29. The van der Waals surface area contributed by atoms with Crippen molar-refractivity contribution < 1.29 is 4.52 Å². The molecule has 23 heavy (non-hydrogen) atoms. The molecule has 7 heteroatoms. The molecule has 0 aliphatic carbocycles. The van der Waals surface area contributed by atoms with Gasteiger partial charge in [0.2, 0.25) is 5.89 Å². The number of anilines is 2. The second-order valence-electron chi connectivity index (χ2n) is 6.54. The molecule has 1 aliphatic heterocycles. The van der Waals surface area contributed by atoms with Crippen molar-refractivity contribution in [3.05, 3.63) is 24.1 Å². The number of hydrogen-bond donors (Lipinski definition) is 0. The first-order valence-corrected chi connectivity index (χ1v) is 8.12. The van der Waals surface area contributed by atoms with Gasteiger partial charge in [-0.2, -0.15) is 4.98 Å². The lowest BCUT2D eigenvalue weighted by Gasteiger charge is -2.31. The van der Waals surface area contributed by atoms with E-state index in [0.717, 1.165) is 49.3 Å². The highest BCUT2D eigenvalue weighted by atomic mass is 16.5. The molecule has 0 atom stereocenters. The maximum absolute atomic E-state index is 5.44. The van der Waals surface area contributed by atoms with Crippen molar-refractivity contribution >= 4 is 11.6 Å². The molecular weight excluding hydrogens is 292 g/mol. The van der Waals surface area contributed by atoms with Gasteiger partial charge in [-0.1, -0.05) is 19.0 Å². The molecule has 1 saturated heterocycles. The zero-order valence-corrected chi connectivity index (χ0v) is 14.2. The highest BCUT2D eigenvalue weighted by molar-refractivity contribution is 5.45. The summed E-state index contributed by atoms with van der Waals surface area (Å²) in [5.41, 5.74) is 0. The van der Waals surface area contributed by atoms with Crippen LogP contribution in [-0.4, -0.2) is 47.3 Å². The molecule has 3 rings (SSSR count). The molecule has 0 spiro atoms. The minimum atomic E-state index is 0.302. The average Bonchev–Trinajstić information content (AvgIpc) is 3.05. The van der Waals surface area contributed by atoms with E-state index >= 15 is 0 Å². The Kier molecular flexibility index (Phi) is 4.45. The molecule has 0 amide bonds. The van der Waals surface area contributed by atoms with Crippen LogP contribution in [0.5, 0.6) is 0 Å². The molecule has 2 aromatic heterocycles. The van der Waals surface area contributed by atoms with Gasteiger partial charge in [0.05, 0.1) is 12.4 Å². The summed E-state index contributed by atoms with van der Waals surface area (Å²) in [5, 5.41) is 4.07. The molecule has 1 aliphatic rings. The Morgan fingerprint density at radius 3 is 2.52 bits per heavy atom. The van der Waals surface area contributed by atoms with E-state index in [1.807, 2.05) is 25.2 Å². The zero-order valence-electron chi connectivity index (χ0n) is 14.2. The van der Waals surface area contributed by atoms with Crippen molar-refractivity contribution in [2.24, 2.45) is 0 Å².